The third-order valence-corrected chi connectivity index (χ3v) is 7.43. The Hall–Kier alpha value is -1.26. The van der Waals surface area contributed by atoms with E-state index >= 15 is 0 Å². The molecule has 0 radical (unpaired) electrons. The van der Waals surface area contributed by atoms with E-state index in [1.807, 2.05) is 55.6 Å². The lowest BCUT2D eigenvalue weighted by Crippen LogP contribution is -2.18. The van der Waals surface area contributed by atoms with Crippen molar-refractivity contribution in [2.24, 2.45) is 0 Å². The van der Waals surface area contributed by atoms with Gasteiger partial charge in [-0.3, -0.25) is 0 Å². The molecule has 0 aliphatic carbocycles. The Morgan fingerprint density at radius 1 is 1.00 bits per heavy atom. The lowest BCUT2D eigenvalue weighted by Gasteiger charge is -2.15. The minimum atomic E-state index is -3.28. The van der Waals surface area contributed by atoms with Crippen LogP contribution in [0.2, 0.25) is 0 Å². The fraction of sp³-hybridized carbons (Fsp3) is 0.294. The fourth-order valence-corrected chi connectivity index (χ4v) is 5.16. The predicted molar refractivity (Wildman–Crippen MR) is 90.4 cm³/mol. The van der Waals surface area contributed by atoms with Gasteiger partial charge in [-0.25, -0.2) is 8.42 Å². The van der Waals surface area contributed by atoms with Gasteiger partial charge >= 0.3 is 0 Å². The molecular weight excluding hydrogens is 300 g/mol. The first kappa shape index (κ1) is 16.1. The van der Waals surface area contributed by atoms with Gasteiger partial charge < -0.3 is 0 Å². The second kappa shape index (κ2) is 7.14. The zero-order chi connectivity index (χ0) is 15.3. The molecule has 0 aliphatic heterocycles. The van der Waals surface area contributed by atoms with Gasteiger partial charge in [-0.1, -0.05) is 48.0 Å². The minimum Gasteiger partial charge on any atom is -0.223 e. The molecule has 1 atom stereocenters. The number of hydrogen-bond acceptors (Lipinski definition) is 3. The van der Waals surface area contributed by atoms with Crippen molar-refractivity contribution < 1.29 is 8.42 Å². The maximum absolute atomic E-state index is 12.7. The molecule has 21 heavy (non-hydrogen) atoms. The smallest absolute Gasteiger partial charge is 0.190 e. The summed E-state index contributed by atoms with van der Waals surface area (Å²) in [7, 11) is -3.28. The zero-order valence-corrected chi connectivity index (χ0v) is 14.0. The van der Waals surface area contributed by atoms with Gasteiger partial charge in [0.2, 0.25) is 0 Å². The largest absolute Gasteiger partial charge is 0.223 e. The van der Waals surface area contributed by atoms with Gasteiger partial charge in [0, 0.05) is 0 Å². The van der Waals surface area contributed by atoms with E-state index in [0.717, 1.165) is 12.0 Å². The van der Waals surface area contributed by atoms with Gasteiger partial charge in [-0.2, -0.15) is 0 Å². The van der Waals surface area contributed by atoms with Gasteiger partial charge in [-0.15, -0.1) is 11.8 Å². The summed E-state index contributed by atoms with van der Waals surface area (Å²) in [5.74, 6) is 0. The Morgan fingerprint density at radius 2 is 1.62 bits per heavy atom. The quantitative estimate of drug-likeness (QED) is 0.804. The Kier molecular flexibility index (Phi) is 5.48. The third kappa shape index (κ3) is 4.11. The molecule has 2 aromatic rings. The van der Waals surface area contributed by atoms with Crippen molar-refractivity contribution in [3.8, 4) is 0 Å². The first-order valence-electron chi connectivity index (χ1n) is 6.91. The lowest BCUT2D eigenvalue weighted by atomic mass is 10.1. The van der Waals surface area contributed by atoms with Crippen LogP contribution < -0.4 is 0 Å². The Balaban J connectivity index is 2.14. The first-order valence-corrected chi connectivity index (χ1v) is 9.75. The number of aryl methyl sites for hydroxylation is 2. The van der Waals surface area contributed by atoms with E-state index < -0.39 is 14.4 Å². The lowest BCUT2D eigenvalue weighted by molar-refractivity contribution is 0.590. The molecule has 0 spiro atoms. The number of sulfone groups is 1. The van der Waals surface area contributed by atoms with Crippen LogP contribution in [0, 0.1) is 6.92 Å². The molecule has 2 nitrogen and oxygen atoms in total. The average molecular weight is 320 g/mol. The number of hydrogen-bond donors (Lipinski definition) is 0. The van der Waals surface area contributed by atoms with Crippen molar-refractivity contribution in [2.45, 2.75) is 29.2 Å². The van der Waals surface area contributed by atoms with E-state index in [1.165, 1.54) is 17.3 Å². The van der Waals surface area contributed by atoms with E-state index in [9.17, 15) is 8.42 Å². The summed E-state index contributed by atoms with van der Waals surface area (Å²) in [5, 5.41) is 0. The molecule has 0 heterocycles. The SMILES string of the molecule is CSC(CCc1ccccc1)S(=O)(=O)c1ccc(C)cc1. The first-order chi connectivity index (χ1) is 10.0. The van der Waals surface area contributed by atoms with Crippen LogP contribution in [-0.4, -0.2) is 19.3 Å². The fourth-order valence-electron chi connectivity index (χ4n) is 2.21. The normalized spacial score (nSPS) is 13.0. The van der Waals surface area contributed by atoms with E-state index in [2.05, 4.69) is 0 Å². The molecule has 112 valence electrons. The summed E-state index contributed by atoms with van der Waals surface area (Å²) < 4.78 is 24.9. The monoisotopic (exact) mass is 320 g/mol. The summed E-state index contributed by atoms with van der Waals surface area (Å²) in [4.78, 5) is 0.417. The number of thioether (sulfide) groups is 1. The van der Waals surface area contributed by atoms with Crippen LogP contribution in [0.5, 0.6) is 0 Å². The number of rotatable bonds is 6. The summed E-state index contributed by atoms with van der Waals surface area (Å²) in [6, 6.07) is 17.1. The van der Waals surface area contributed by atoms with Crippen molar-refractivity contribution in [3.05, 3.63) is 65.7 Å². The highest BCUT2D eigenvalue weighted by molar-refractivity contribution is 8.13. The highest BCUT2D eigenvalue weighted by Crippen LogP contribution is 2.27. The Bertz CT molecular complexity index is 662. The molecule has 2 aromatic carbocycles. The summed E-state index contributed by atoms with van der Waals surface area (Å²) in [5.41, 5.74) is 2.24. The maximum Gasteiger partial charge on any atom is 0.190 e. The molecule has 0 amide bonds. The molecular formula is C17H20O2S2. The Labute approximate surface area is 131 Å². The standard InChI is InChI=1S/C17H20O2S2/c1-14-8-11-16(12-9-14)21(18,19)17(20-2)13-10-15-6-4-3-5-7-15/h3-9,11-12,17H,10,13H2,1-2H3. The topological polar surface area (TPSA) is 34.1 Å². The van der Waals surface area contributed by atoms with Crippen molar-refractivity contribution in [1.82, 2.24) is 0 Å². The van der Waals surface area contributed by atoms with Gasteiger partial charge in [0.25, 0.3) is 0 Å². The van der Waals surface area contributed by atoms with Gasteiger partial charge in [-0.05, 0) is 43.7 Å². The minimum absolute atomic E-state index is 0.402. The van der Waals surface area contributed by atoms with Crippen molar-refractivity contribution in [1.29, 1.82) is 0 Å². The molecule has 0 fully saturated rings. The van der Waals surface area contributed by atoms with Crippen LogP contribution >= 0.6 is 11.8 Å². The summed E-state index contributed by atoms with van der Waals surface area (Å²) in [6.45, 7) is 1.96. The molecule has 0 bridgehead atoms. The zero-order valence-electron chi connectivity index (χ0n) is 12.3. The number of benzene rings is 2. The average Bonchev–Trinajstić information content (AvgIpc) is 2.49. The molecule has 0 aromatic heterocycles. The van der Waals surface area contributed by atoms with Gasteiger partial charge in [0.15, 0.2) is 9.84 Å². The van der Waals surface area contributed by atoms with Crippen molar-refractivity contribution in [3.63, 3.8) is 0 Å². The summed E-state index contributed by atoms with van der Waals surface area (Å²) in [6.07, 6.45) is 3.26. The van der Waals surface area contributed by atoms with E-state index in [4.69, 9.17) is 0 Å². The predicted octanol–water partition coefficient (Wildman–Crippen LogP) is 4.09. The second-order valence-corrected chi connectivity index (χ2v) is 8.52. The summed E-state index contributed by atoms with van der Waals surface area (Å²) >= 11 is 1.41. The third-order valence-electron chi connectivity index (χ3n) is 3.47. The van der Waals surface area contributed by atoms with E-state index in [-0.39, 0.29) is 0 Å². The van der Waals surface area contributed by atoms with Crippen LogP contribution in [0.1, 0.15) is 17.5 Å². The maximum atomic E-state index is 12.7. The van der Waals surface area contributed by atoms with E-state index in [1.54, 1.807) is 12.1 Å². The molecule has 1 unspecified atom stereocenters. The van der Waals surface area contributed by atoms with E-state index in [0.29, 0.717) is 11.3 Å². The van der Waals surface area contributed by atoms with Crippen LogP contribution in [-0.2, 0) is 16.3 Å². The molecule has 0 aliphatic rings. The van der Waals surface area contributed by atoms with Gasteiger partial charge in [0.05, 0.1) is 4.90 Å². The molecule has 0 saturated heterocycles. The van der Waals surface area contributed by atoms with Crippen LogP contribution in [0.15, 0.2) is 59.5 Å². The van der Waals surface area contributed by atoms with Gasteiger partial charge in [0.1, 0.15) is 4.58 Å². The van der Waals surface area contributed by atoms with Crippen molar-refractivity contribution >= 4 is 21.6 Å². The molecule has 2 rings (SSSR count). The second-order valence-electron chi connectivity index (χ2n) is 5.05. The molecule has 4 heteroatoms. The van der Waals surface area contributed by atoms with Crippen LogP contribution in [0.4, 0.5) is 0 Å². The van der Waals surface area contributed by atoms with Crippen LogP contribution in [0.25, 0.3) is 0 Å². The highest BCUT2D eigenvalue weighted by atomic mass is 32.3. The molecule has 0 N–H and O–H groups in total. The van der Waals surface area contributed by atoms with Crippen molar-refractivity contribution in [2.75, 3.05) is 6.26 Å². The molecule has 0 saturated carbocycles. The van der Waals surface area contributed by atoms with Crippen LogP contribution in [0.3, 0.4) is 0 Å². The highest BCUT2D eigenvalue weighted by Gasteiger charge is 2.26. The Morgan fingerprint density at radius 3 is 2.19 bits per heavy atom.